The van der Waals surface area contributed by atoms with Crippen molar-refractivity contribution < 1.29 is 4.39 Å². The van der Waals surface area contributed by atoms with Crippen molar-refractivity contribution >= 4 is 0 Å². The third-order valence-corrected chi connectivity index (χ3v) is 3.00. The maximum absolute atomic E-state index is 13.3. The summed E-state index contributed by atoms with van der Waals surface area (Å²) in [6, 6.07) is 4.37. The molecule has 4 nitrogen and oxygen atoms in total. The Balaban J connectivity index is 2.37. The van der Waals surface area contributed by atoms with Gasteiger partial charge in [-0.25, -0.2) is 9.18 Å². The van der Waals surface area contributed by atoms with Crippen molar-refractivity contribution in [2.75, 3.05) is 6.54 Å². The minimum atomic E-state index is -0.353. The molecule has 0 radical (unpaired) electrons. The van der Waals surface area contributed by atoms with E-state index in [0.29, 0.717) is 18.7 Å². The van der Waals surface area contributed by atoms with Crippen molar-refractivity contribution in [2.45, 2.75) is 20.0 Å². The predicted molar refractivity (Wildman–Crippen MR) is 75.8 cm³/mol. The van der Waals surface area contributed by atoms with Crippen LogP contribution in [0.15, 0.2) is 35.4 Å². The topological polar surface area (TPSA) is 52.9 Å². The van der Waals surface area contributed by atoms with E-state index >= 15 is 0 Å². The first kappa shape index (κ1) is 14.1. The van der Waals surface area contributed by atoms with Crippen molar-refractivity contribution in [2.24, 2.45) is 5.73 Å². The molecular formula is C15H16FN3O. The van der Waals surface area contributed by atoms with Gasteiger partial charge in [-0.1, -0.05) is 17.9 Å². The first-order valence-electron chi connectivity index (χ1n) is 6.38. The van der Waals surface area contributed by atoms with E-state index in [4.69, 9.17) is 5.73 Å². The molecule has 1 aromatic carbocycles. The van der Waals surface area contributed by atoms with Gasteiger partial charge in [0, 0.05) is 24.5 Å². The second-order valence-corrected chi connectivity index (χ2v) is 4.30. The Kier molecular flexibility index (Phi) is 4.38. The third-order valence-electron chi connectivity index (χ3n) is 3.00. The fourth-order valence-corrected chi connectivity index (χ4v) is 1.95. The number of hydrogen-bond donors (Lipinski definition) is 1. The number of aromatic nitrogens is 2. The van der Waals surface area contributed by atoms with Crippen LogP contribution in [-0.2, 0) is 13.1 Å². The molecule has 0 saturated carbocycles. The lowest BCUT2D eigenvalue weighted by atomic mass is 10.1. The molecule has 0 aliphatic carbocycles. The highest BCUT2D eigenvalue weighted by molar-refractivity contribution is 5.42. The summed E-state index contributed by atoms with van der Waals surface area (Å²) in [6.45, 7) is 3.10. The number of benzene rings is 1. The number of nitrogens with zero attached hydrogens (tertiary/aromatic N) is 2. The summed E-state index contributed by atoms with van der Waals surface area (Å²) in [5, 5.41) is 0. The molecule has 2 N–H and O–H groups in total. The first-order valence-corrected chi connectivity index (χ1v) is 6.38. The molecular weight excluding hydrogens is 257 g/mol. The molecule has 0 saturated heterocycles. The lowest BCUT2D eigenvalue weighted by Gasteiger charge is -2.05. The SMILES string of the molecule is CCn1ccn(Cc2ccc(F)cc2C#CCN)c1=O. The summed E-state index contributed by atoms with van der Waals surface area (Å²) < 4.78 is 16.5. The number of imidazole rings is 1. The fraction of sp³-hybridized carbons (Fsp3) is 0.267. The minimum absolute atomic E-state index is 0.0884. The smallest absolute Gasteiger partial charge is 0.320 e. The van der Waals surface area contributed by atoms with Crippen LogP contribution in [0.3, 0.4) is 0 Å². The Labute approximate surface area is 116 Å². The summed E-state index contributed by atoms with van der Waals surface area (Å²) in [5.41, 5.74) is 6.60. The fourth-order valence-electron chi connectivity index (χ4n) is 1.95. The van der Waals surface area contributed by atoms with Gasteiger partial charge in [-0.15, -0.1) is 0 Å². The van der Waals surface area contributed by atoms with Crippen LogP contribution in [0.1, 0.15) is 18.1 Å². The zero-order valence-corrected chi connectivity index (χ0v) is 11.3. The number of hydrogen-bond acceptors (Lipinski definition) is 2. The third kappa shape index (κ3) is 2.98. The highest BCUT2D eigenvalue weighted by Gasteiger charge is 2.06. The lowest BCUT2D eigenvalue weighted by Crippen LogP contribution is -2.24. The van der Waals surface area contributed by atoms with Crippen molar-refractivity contribution in [1.29, 1.82) is 0 Å². The summed E-state index contributed by atoms with van der Waals surface area (Å²) in [5.74, 6) is 5.19. The quantitative estimate of drug-likeness (QED) is 0.853. The Hall–Kier alpha value is -2.32. The average molecular weight is 273 g/mol. The summed E-state index contributed by atoms with van der Waals surface area (Å²) >= 11 is 0. The summed E-state index contributed by atoms with van der Waals surface area (Å²) in [6.07, 6.45) is 3.45. The van der Waals surface area contributed by atoms with Gasteiger partial charge in [0.1, 0.15) is 5.82 Å². The Morgan fingerprint density at radius 3 is 2.70 bits per heavy atom. The second kappa shape index (κ2) is 6.22. The van der Waals surface area contributed by atoms with Crippen LogP contribution in [0.5, 0.6) is 0 Å². The molecule has 0 fully saturated rings. The normalized spacial score (nSPS) is 10.2. The standard InChI is InChI=1S/C15H16FN3O/c1-2-18-8-9-19(15(18)20)11-13-5-6-14(16)10-12(13)4-3-7-17/h5-6,8-10H,2,7,11,17H2,1H3. The molecule has 1 heterocycles. The number of nitrogens with two attached hydrogens (primary N) is 1. The van der Waals surface area contributed by atoms with Crippen LogP contribution >= 0.6 is 0 Å². The lowest BCUT2D eigenvalue weighted by molar-refractivity contribution is 0.624. The van der Waals surface area contributed by atoms with Gasteiger partial charge in [0.15, 0.2) is 0 Å². The van der Waals surface area contributed by atoms with E-state index in [1.807, 2.05) is 6.92 Å². The maximum atomic E-state index is 13.3. The monoisotopic (exact) mass is 273 g/mol. The van der Waals surface area contributed by atoms with Gasteiger partial charge >= 0.3 is 5.69 Å². The van der Waals surface area contributed by atoms with Crippen molar-refractivity contribution in [3.8, 4) is 11.8 Å². The van der Waals surface area contributed by atoms with Crippen LogP contribution in [0.2, 0.25) is 0 Å². The van der Waals surface area contributed by atoms with Gasteiger partial charge in [-0.05, 0) is 24.6 Å². The van der Waals surface area contributed by atoms with E-state index in [0.717, 1.165) is 5.56 Å². The van der Waals surface area contributed by atoms with Crippen LogP contribution in [0.4, 0.5) is 4.39 Å². The van der Waals surface area contributed by atoms with Crippen molar-refractivity contribution in [3.63, 3.8) is 0 Å². The zero-order valence-electron chi connectivity index (χ0n) is 11.3. The highest BCUT2D eigenvalue weighted by Crippen LogP contribution is 2.11. The molecule has 104 valence electrons. The Morgan fingerprint density at radius 2 is 2.05 bits per heavy atom. The summed E-state index contributed by atoms with van der Waals surface area (Å²) in [7, 11) is 0. The van der Waals surface area contributed by atoms with Gasteiger partial charge in [0.2, 0.25) is 0 Å². The molecule has 2 aromatic rings. The Morgan fingerprint density at radius 1 is 1.30 bits per heavy atom. The van der Waals surface area contributed by atoms with E-state index in [1.165, 1.54) is 12.1 Å². The second-order valence-electron chi connectivity index (χ2n) is 4.30. The van der Waals surface area contributed by atoms with E-state index in [1.54, 1.807) is 27.6 Å². The minimum Gasteiger partial charge on any atom is -0.320 e. The van der Waals surface area contributed by atoms with Crippen molar-refractivity contribution in [3.05, 3.63) is 58.0 Å². The van der Waals surface area contributed by atoms with Crippen molar-refractivity contribution in [1.82, 2.24) is 9.13 Å². The molecule has 0 atom stereocenters. The largest absolute Gasteiger partial charge is 0.328 e. The molecule has 0 spiro atoms. The van der Waals surface area contributed by atoms with E-state index in [-0.39, 0.29) is 18.1 Å². The van der Waals surface area contributed by atoms with Crippen LogP contribution in [0.25, 0.3) is 0 Å². The number of halogens is 1. The molecule has 0 amide bonds. The first-order chi connectivity index (χ1) is 9.65. The maximum Gasteiger partial charge on any atom is 0.328 e. The van der Waals surface area contributed by atoms with E-state index in [2.05, 4.69) is 11.8 Å². The van der Waals surface area contributed by atoms with Crippen LogP contribution < -0.4 is 11.4 Å². The molecule has 1 aromatic heterocycles. The molecule has 2 rings (SSSR count). The number of rotatable bonds is 3. The average Bonchev–Trinajstić information content (AvgIpc) is 2.79. The Bertz CT molecular complexity index is 719. The van der Waals surface area contributed by atoms with E-state index < -0.39 is 0 Å². The van der Waals surface area contributed by atoms with Crippen LogP contribution in [0, 0.1) is 17.7 Å². The van der Waals surface area contributed by atoms with Gasteiger partial charge < -0.3 is 5.73 Å². The van der Waals surface area contributed by atoms with Crippen LogP contribution in [-0.4, -0.2) is 15.7 Å². The molecule has 20 heavy (non-hydrogen) atoms. The summed E-state index contributed by atoms with van der Waals surface area (Å²) in [4.78, 5) is 12.0. The molecule has 5 heteroatoms. The molecule has 0 aliphatic heterocycles. The van der Waals surface area contributed by atoms with E-state index in [9.17, 15) is 9.18 Å². The van der Waals surface area contributed by atoms with Gasteiger partial charge in [0.05, 0.1) is 13.1 Å². The molecule has 0 bridgehead atoms. The number of aryl methyl sites for hydroxylation is 1. The van der Waals surface area contributed by atoms with Gasteiger partial charge in [-0.2, -0.15) is 0 Å². The highest BCUT2D eigenvalue weighted by atomic mass is 19.1. The molecule has 0 aliphatic rings. The van der Waals surface area contributed by atoms with Gasteiger partial charge in [0.25, 0.3) is 0 Å². The predicted octanol–water partition coefficient (Wildman–Crippen LogP) is 1.17. The molecule has 0 unspecified atom stereocenters. The zero-order chi connectivity index (χ0) is 14.5. The van der Waals surface area contributed by atoms with Gasteiger partial charge in [-0.3, -0.25) is 9.13 Å².